The molecule has 3 aromatic rings. The largest absolute Gasteiger partial charge is 0.438 e. The molecule has 0 bridgehead atoms. The molecule has 4 saturated heterocycles. The third kappa shape index (κ3) is 15.6. The average molecular weight is 929 g/mol. The van der Waals surface area contributed by atoms with Gasteiger partial charge in [0.25, 0.3) is 5.91 Å². The predicted octanol–water partition coefficient (Wildman–Crippen LogP) is 7.38. The third-order valence-electron chi connectivity index (χ3n) is 11.1. The van der Waals surface area contributed by atoms with E-state index in [2.05, 4.69) is 15.0 Å². The van der Waals surface area contributed by atoms with Crippen LogP contribution in [0.4, 0.5) is 4.39 Å². The molecule has 2 N–H and O–H groups in total. The molecular weight excluding hydrogens is 863 g/mol. The van der Waals surface area contributed by atoms with E-state index < -0.39 is 38.3 Å². The van der Waals surface area contributed by atoms with Gasteiger partial charge in [0.2, 0.25) is 18.2 Å². The van der Waals surface area contributed by atoms with Crippen molar-refractivity contribution in [3.05, 3.63) is 70.6 Å². The van der Waals surface area contributed by atoms with Crippen molar-refractivity contribution < 1.29 is 52.3 Å². The molecular formula is C47H66FN4O10PS. The summed E-state index contributed by atoms with van der Waals surface area (Å²) in [6.45, 7) is 13.9. The van der Waals surface area contributed by atoms with Crippen molar-refractivity contribution in [2.24, 2.45) is 16.2 Å². The van der Waals surface area contributed by atoms with Crippen LogP contribution in [0, 0.1) is 16.2 Å². The minimum absolute atomic E-state index is 0.162. The lowest BCUT2D eigenvalue weighted by Crippen LogP contribution is -2.72. The van der Waals surface area contributed by atoms with Crippen molar-refractivity contribution in [3.8, 4) is 0 Å². The number of aliphatic hydroxyl groups excluding tert-OH is 1. The SMILES string of the molecule is CC(C)(C)C(=O)OCO.CNC(=O)c1cc2cc(C(F)POCOC(=O)C(C)(C)C)ccc2s1.O=C1CCCCCC2CCCN12.O=CN1CC2(C1)CN(C(=O)Cc1ccccc1)C2. The summed E-state index contributed by atoms with van der Waals surface area (Å²) in [5, 5.41) is 11.5. The molecule has 14 nitrogen and oxygen atoms in total. The van der Waals surface area contributed by atoms with E-state index in [1.54, 1.807) is 77.8 Å². The molecule has 0 radical (unpaired) electrons. The number of carbonyl (C=O) groups excluding carboxylic acids is 6. The van der Waals surface area contributed by atoms with E-state index in [-0.39, 0.29) is 30.0 Å². The van der Waals surface area contributed by atoms with Gasteiger partial charge < -0.3 is 39.1 Å². The number of aliphatic hydroxyl groups is 1. The highest BCUT2D eigenvalue weighted by molar-refractivity contribution is 7.32. The Bertz CT molecular complexity index is 2020. The van der Waals surface area contributed by atoms with E-state index in [0.29, 0.717) is 28.8 Å². The maximum absolute atomic E-state index is 14.3. The molecule has 352 valence electrons. The molecule has 0 aliphatic carbocycles. The Morgan fingerprint density at radius 3 is 2.19 bits per heavy atom. The number of esters is 2. The highest BCUT2D eigenvalue weighted by Gasteiger charge is 2.52. The van der Waals surface area contributed by atoms with Gasteiger partial charge in [0.1, 0.15) is 0 Å². The van der Waals surface area contributed by atoms with Crippen molar-refractivity contribution in [3.63, 3.8) is 0 Å². The summed E-state index contributed by atoms with van der Waals surface area (Å²) in [6, 6.07) is 17.3. The number of hydrogen-bond acceptors (Lipinski definition) is 11. The number of carbonyl (C=O) groups is 6. The van der Waals surface area contributed by atoms with Crippen LogP contribution in [0.5, 0.6) is 0 Å². The molecule has 5 heterocycles. The molecule has 4 amide bonds. The number of hydrogen-bond donors (Lipinski definition) is 2. The van der Waals surface area contributed by atoms with Crippen LogP contribution in [0.2, 0.25) is 0 Å². The van der Waals surface area contributed by atoms with Gasteiger partial charge >= 0.3 is 11.9 Å². The zero-order valence-electron chi connectivity index (χ0n) is 38.3. The Morgan fingerprint density at radius 2 is 1.58 bits per heavy atom. The number of thiophene rings is 1. The topological polar surface area (TPSA) is 172 Å². The summed E-state index contributed by atoms with van der Waals surface area (Å²) in [7, 11) is 1.09. The molecule has 1 aromatic heterocycles. The summed E-state index contributed by atoms with van der Waals surface area (Å²) < 4.78 is 29.6. The molecule has 4 aliphatic heterocycles. The van der Waals surface area contributed by atoms with E-state index >= 15 is 0 Å². The number of nitrogens with zero attached hydrogens (tertiary/aromatic N) is 3. The second-order valence-corrected chi connectivity index (χ2v) is 20.7. The normalized spacial score (nSPS) is 18.3. The molecule has 2 aromatic carbocycles. The van der Waals surface area contributed by atoms with E-state index in [1.807, 2.05) is 35.2 Å². The fraction of sp³-hybridized carbons (Fsp3) is 0.574. The van der Waals surface area contributed by atoms with Crippen molar-refractivity contribution >= 4 is 66.3 Å². The van der Waals surface area contributed by atoms with Crippen LogP contribution < -0.4 is 5.32 Å². The highest BCUT2D eigenvalue weighted by atomic mass is 32.1. The fourth-order valence-electron chi connectivity index (χ4n) is 7.56. The van der Waals surface area contributed by atoms with E-state index in [1.165, 1.54) is 43.4 Å². The predicted molar refractivity (Wildman–Crippen MR) is 246 cm³/mol. The van der Waals surface area contributed by atoms with Crippen LogP contribution >= 0.6 is 20.1 Å². The minimum Gasteiger partial charge on any atom is -0.438 e. The maximum atomic E-state index is 14.3. The fourth-order valence-corrected chi connectivity index (χ4v) is 9.14. The Morgan fingerprint density at radius 1 is 0.922 bits per heavy atom. The van der Waals surface area contributed by atoms with Crippen LogP contribution in [0.15, 0.2) is 54.6 Å². The summed E-state index contributed by atoms with van der Waals surface area (Å²) in [6.07, 6.45) is 9.62. The lowest BCUT2D eigenvalue weighted by molar-refractivity contribution is -0.162. The number of fused-ring (bicyclic) bond motifs is 2. The van der Waals surface area contributed by atoms with Gasteiger partial charge in [-0.3, -0.25) is 28.8 Å². The van der Waals surface area contributed by atoms with Crippen LogP contribution in [-0.4, -0.2) is 115 Å². The first kappa shape index (κ1) is 52.1. The molecule has 4 fully saturated rings. The maximum Gasteiger partial charge on any atom is 0.313 e. The van der Waals surface area contributed by atoms with Gasteiger partial charge in [-0.05, 0) is 102 Å². The number of nitrogens with one attached hydrogen (secondary N) is 1. The molecule has 4 aliphatic rings. The van der Waals surface area contributed by atoms with Gasteiger partial charge in [-0.2, -0.15) is 0 Å². The Kier molecular flexibility index (Phi) is 19.7. The zero-order valence-corrected chi connectivity index (χ0v) is 40.1. The Labute approximate surface area is 382 Å². The summed E-state index contributed by atoms with van der Waals surface area (Å²) >= 11 is 1.36. The van der Waals surface area contributed by atoms with Crippen LogP contribution in [0.3, 0.4) is 0 Å². The van der Waals surface area contributed by atoms with Crippen LogP contribution in [-0.2, 0) is 44.4 Å². The molecule has 17 heteroatoms. The van der Waals surface area contributed by atoms with Crippen LogP contribution in [0.1, 0.15) is 113 Å². The molecule has 1 spiro atoms. The first-order valence-corrected chi connectivity index (χ1v) is 23.6. The highest BCUT2D eigenvalue weighted by Crippen LogP contribution is 2.40. The first-order chi connectivity index (χ1) is 30.3. The monoisotopic (exact) mass is 928 g/mol. The number of alkyl halides is 1. The minimum atomic E-state index is -1.32. The smallest absolute Gasteiger partial charge is 0.313 e. The number of halogens is 1. The van der Waals surface area contributed by atoms with Crippen molar-refractivity contribution in [2.45, 2.75) is 105 Å². The van der Waals surface area contributed by atoms with Gasteiger partial charge in [0.15, 0.2) is 19.5 Å². The Hall–Kier alpha value is -4.50. The summed E-state index contributed by atoms with van der Waals surface area (Å²) in [5.74, 6) is -1.65. The lowest BCUT2D eigenvalue weighted by atomic mass is 9.73. The Balaban J connectivity index is 0.000000201. The molecule has 7 rings (SSSR count). The summed E-state index contributed by atoms with van der Waals surface area (Å²) in [5.41, 5.74) is 0.616. The number of likely N-dealkylation sites (tertiary alicyclic amines) is 2. The molecule has 64 heavy (non-hydrogen) atoms. The van der Waals surface area contributed by atoms with Gasteiger partial charge in [0.05, 0.1) is 30.9 Å². The molecule has 3 unspecified atom stereocenters. The number of benzene rings is 2. The quantitative estimate of drug-likeness (QED) is 0.0687. The number of amides is 4. The van der Waals surface area contributed by atoms with Gasteiger partial charge in [-0.15, -0.1) is 11.3 Å². The second-order valence-electron chi connectivity index (χ2n) is 18.6. The van der Waals surface area contributed by atoms with E-state index in [4.69, 9.17) is 14.4 Å². The number of rotatable bonds is 10. The second kappa shape index (κ2) is 24.1. The van der Waals surface area contributed by atoms with Gasteiger partial charge in [-0.1, -0.05) is 49.2 Å². The van der Waals surface area contributed by atoms with Crippen molar-refractivity contribution in [2.75, 3.05) is 53.4 Å². The average Bonchev–Trinajstić information content (AvgIpc) is 3.88. The standard InChI is InChI=1S/C17H21FNO4PS.C14H16N2O2.C10H17NO.C6H12O3/c1-17(2,3)16(21)22-9-23-24-14(18)10-5-6-12-11(7-10)8-13(25-12)15(20)19-4;17-11-15-7-14(8-15)9-16(10-14)13(18)6-12-4-2-1-3-5-12;12-10-7-3-1-2-5-9-6-4-8-11(9)10;1-6(2,3)5(8)9-4-7/h5-8,14,24H,9H2,1-4H3,(H,19,20);1-5,11H,6-10H2;9H,1-8H2;7H,4H2,1-3H3. The van der Waals surface area contributed by atoms with Crippen molar-refractivity contribution in [1.29, 1.82) is 0 Å². The summed E-state index contributed by atoms with van der Waals surface area (Å²) in [4.78, 5) is 74.4. The lowest BCUT2D eigenvalue weighted by Gasteiger charge is -2.59. The van der Waals surface area contributed by atoms with Crippen LogP contribution in [0.25, 0.3) is 10.1 Å². The van der Waals surface area contributed by atoms with Crippen molar-refractivity contribution in [1.82, 2.24) is 20.0 Å². The van der Waals surface area contributed by atoms with Gasteiger partial charge in [0, 0.05) is 62.3 Å². The first-order valence-electron chi connectivity index (χ1n) is 21.8. The molecule has 0 saturated carbocycles. The zero-order chi connectivity index (χ0) is 47.1. The van der Waals surface area contributed by atoms with E-state index in [0.717, 1.165) is 67.6 Å². The third-order valence-corrected chi connectivity index (χ3v) is 13.0. The number of ether oxygens (including phenoxy) is 2. The van der Waals surface area contributed by atoms with E-state index in [9.17, 15) is 33.2 Å². The van der Waals surface area contributed by atoms with Gasteiger partial charge in [-0.25, -0.2) is 4.39 Å². The molecule has 3 atom stereocenters.